The van der Waals surface area contributed by atoms with Gasteiger partial charge in [0.25, 0.3) is 0 Å². The molecular formula is C10H16O4. The van der Waals surface area contributed by atoms with Crippen LogP contribution in [0.2, 0.25) is 0 Å². The van der Waals surface area contributed by atoms with Crippen molar-refractivity contribution in [3.8, 4) is 0 Å². The highest BCUT2D eigenvalue weighted by atomic mass is 16.6. The first-order valence-corrected chi connectivity index (χ1v) is 4.89. The summed E-state index contributed by atoms with van der Waals surface area (Å²) in [6.07, 6.45) is -0.563. The van der Waals surface area contributed by atoms with Crippen molar-refractivity contribution in [2.75, 3.05) is 0 Å². The zero-order chi connectivity index (χ0) is 10.7. The molecule has 4 nitrogen and oxygen atoms in total. The van der Waals surface area contributed by atoms with Crippen molar-refractivity contribution in [3.63, 3.8) is 0 Å². The van der Waals surface area contributed by atoms with E-state index in [0.717, 1.165) is 6.42 Å². The molecule has 0 heterocycles. The van der Waals surface area contributed by atoms with Crippen molar-refractivity contribution in [2.45, 2.75) is 39.1 Å². The van der Waals surface area contributed by atoms with Crippen LogP contribution < -0.4 is 0 Å². The van der Waals surface area contributed by atoms with E-state index in [9.17, 15) is 4.79 Å². The van der Waals surface area contributed by atoms with Crippen molar-refractivity contribution in [3.05, 3.63) is 0 Å². The van der Waals surface area contributed by atoms with Gasteiger partial charge in [-0.3, -0.25) is 4.79 Å². The number of carbonyl (C=O) groups excluding carboxylic acids is 1. The molecule has 0 amide bonds. The summed E-state index contributed by atoms with van der Waals surface area (Å²) in [5.41, 5.74) is -0.708. The highest BCUT2D eigenvalue weighted by molar-refractivity contribution is 5.67. The summed E-state index contributed by atoms with van der Waals surface area (Å²) in [4.78, 5) is 10.9. The lowest BCUT2D eigenvalue weighted by Gasteiger charge is -2.33. The fourth-order valence-electron chi connectivity index (χ4n) is 3.25. The van der Waals surface area contributed by atoms with Gasteiger partial charge in [0.1, 0.15) is 5.60 Å². The third-order valence-electron chi connectivity index (χ3n) is 4.35. The molecule has 2 saturated carbocycles. The largest absolute Gasteiger partial charge is 0.459 e. The van der Waals surface area contributed by atoms with Gasteiger partial charge in [-0.15, -0.1) is 0 Å². The fraction of sp³-hybridized carbons (Fsp3) is 0.900. The molecule has 0 aromatic rings. The Bertz CT molecular complexity index is 288. The van der Waals surface area contributed by atoms with Gasteiger partial charge in [-0.05, 0) is 13.3 Å². The van der Waals surface area contributed by atoms with Crippen LogP contribution >= 0.6 is 0 Å². The van der Waals surface area contributed by atoms with E-state index in [2.05, 4.69) is 0 Å². The molecule has 0 aromatic heterocycles. The standard InChI is InChI=1S/C10H16O4/c1-5(11)14-10(3)7-4-6(8(12)13)9(7,10)2/h6-8,12-13H,4H2,1-3H3. The number of fused-ring (bicyclic) bond motifs is 1. The smallest absolute Gasteiger partial charge is 0.303 e. The zero-order valence-electron chi connectivity index (χ0n) is 8.65. The molecule has 0 aliphatic heterocycles. The molecule has 2 N–H and O–H groups in total. The van der Waals surface area contributed by atoms with E-state index >= 15 is 0 Å². The maximum absolute atomic E-state index is 10.9. The summed E-state index contributed by atoms with van der Waals surface area (Å²) in [6.45, 7) is 5.21. The molecule has 0 radical (unpaired) electrons. The van der Waals surface area contributed by atoms with Crippen LogP contribution in [0.3, 0.4) is 0 Å². The lowest BCUT2D eigenvalue weighted by atomic mass is 9.73. The Morgan fingerprint density at radius 1 is 1.50 bits per heavy atom. The number of ether oxygens (including phenoxy) is 1. The van der Waals surface area contributed by atoms with Crippen LogP contribution in [0, 0.1) is 17.3 Å². The Morgan fingerprint density at radius 2 is 2.07 bits per heavy atom. The second-order valence-corrected chi connectivity index (χ2v) is 4.79. The van der Waals surface area contributed by atoms with E-state index in [1.54, 1.807) is 0 Å². The molecule has 14 heavy (non-hydrogen) atoms. The van der Waals surface area contributed by atoms with E-state index in [1.165, 1.54) is 6.92 Å². The van der Waals surface area contributed by atoms with Gasteiger partial charge in [0.2, 0.25) is 0 Å². The topological polar surface area (TPSA) is 66.8 Å². The number of hydrogen-bond donors (Lipinski definition) is 2. The molecule has 2 fully saturated rings. The first-order valence-electron chi connectivity index (χ1n) is 4.89. The molecule has 2 rings (SSSR count). The van der Waals surface area contributed by atoms with Crippen LogP contribution in [0.25, 0.3) is 0 Å². The third-order valence-corrected chi connectivity index (χ3v) is 4.35. The van der Waals surface area contributed by atoms with Crippen LogP contribution in [0.4, 0.5) is 0 Å². The Labute approximate surface area is 82.9 Å². The maximum atomic E-state index is 10.9. The second kappa shape index (κ2) is 2.49. The van der Waals surface area contributed by atoms with E-state index in [-0.39, 0.29) is 17.3 Å². The SMILES string of the molecule is CC(=O)OC1(C)C2CC(C(O)O)C21C. The highest BCUT2D eigenvalue weighted by Crippen LogP contribution is 2.79. The van der Waals surface area contributed by atoms with Gasteiger partial charge in [-0.1, -0.05) is 6.92 Å². The summed E-state index contributed by atoms with van der Waals surface area (Å²) in [6, 6.07) is 0. The van der Waals surface area contributed by atoms with Crippen LogP contribution in [0.1, 0.15) is 27.2 Å². The zero-order valence-corrected chi connectivity index (χ0v) is 8.65. The number of aliphatic hydroxyl groups is 2. The maximum Gasteiger partial charge on any atom is 0.303 e. The molecule has 0 aromatic carbocycles. The Kier molecular flexibility index (Phi) is 1.77. The second-order valence-electron chi connectivity index (χ2n) is 4.79. The third kappa shape index (κ3) is 0.880. The van der Waals surface area contributed by atoms with E-state index in [0.29, 0.717) is 5.92 Å². The number of hydrogen-bond acceptors (Lipinski definition) is 4. The average Bonchev–Trinajstić information content (AvgIpc) is 2.28. The summed E-state index contributed by atoms with van der Waals surface area (Å²) < 4.78 is 5.26. The minimum Gasteiger partial charge on any atom is -0.459 e. The van der Waals surface area contributed by atoms with Crippen molar-refractivity contribution < 1.29 is 19.7 Å². The predicted octanol–water partition coefficient (Wildman–Crippen LogP) is 0.275. The van der Waals surface area contributed by atoms with Crippen LogP contribution in [-0.2, 0) is 9.53 Å². The average molecular weight is 200 g/mol. The summed E-state index contributed by atoms with van der Waals surface area (Å²) in [5.74, 6) is -0.156. The molecular weight excluding hydrogens is 184 g/mol. The van der Waals surface area contributed by atoms with Crippen LogP contribution in [-0.4, -0.2) is 28.1 Å². The molecule has 80 valence electrons. The molecule has 2 aliphatic carbocycles. The summed E-state index contributed by atoms with van der Waals surface area (Å²) >= 11 is 0. The van der Waals surface area contributed by atoms with Gasteiger partial charge in [0, 0.05) is 24.2 Å². The first kappa shape index (κ1) is 9.93. The minimum absolute atomic E-state index is 0.156. The van der Waals surface area contributed by atoms with Gasteiger partial charge in [-0.2, -0.15) is 0 Å². The summed E-state index contributed by atoms with van der Waals surface area (Å²) in [5, 5.41) is 18.2. The lowest BCUT2D eigenvalue weighted by Crippen LogP contribution is -2.37. The fourth-order valence-corrected chi connectivity index (χ4v) is 3.25. The monoisotopic (exact) mass is 200 g/mol. The van der Waals surface area contributed by atoms with Crippen molar-refractivity contribution in [1.29, 1.82) is 0 Å². The number of aliphatic hydroxyl groups excluding tert-OH is 1. The molecule has 2 aliphatic rings. The Balaban J connectivity index is 2.11. The number of carbonyl (C=O) groups is 1. The molecule has 0 bridgehead atoms. The van der Waals surface area contributed by atoms with Gasteiger partial charge < -0.3 is 14.9 Å². The lowest BCUT2D eigenvalue weighted by molar-refractivity contribution is -0.154. The van der Waals surface area contributed by atoms with Crippen molar-refractivity contribution >= 4 is 5.97 Å². The highest BCUT2D eigenvalue weighted by Gasteiger charge is 2.84. The molecule has 4 atom stereocenters. The van der Waals surface area contributed by atoms with E-state index < -0.39 is 11.9 Å². The quantitative estimate of drug-likeness (QED) is 0.496. The summed E-state index contributed by atoms with van der Waals surface area (Å²) in [7, 11) is 0. The van der Waals surface area contributed by atoms with Gasteiger partial charge in [0.05, 0.1) is 0 Å². The number of esters is 1. The Hall–Kier alpha value is -0.610. The molecule has 0 saturated heterocycles. The van der Waals surface area contributed by atoms with Gasteiger partial charge in [0.15, 0.2) is 6.29 Å². The van der Waals surface area contributed by atoms with Crippen molar-refractivity contribution in [1.82, 2.24) is 0 Å². The van der Waals surface area contributed by atoms with Crippen LogP contribution in [0.15, 0.2) is 0 Å². The molecule has 4 unspecified atom stereocenters. The van der Waals surface area contributed by atoms with Gasteiger partial charge in [-0.25, -0.2) is 0 Å². The molecule has 0 spiro atoms. The Morgan fingerprint density at radius 3 is 2.43 bits per heavy atom. The normalized spacial score (nSPS) is 49.6. The van der Waals surface area contributed by atoms with E-state index in [4.69, 9.17) is 14.9 Å². The van der Waals surface area contributed by atoms with E-state index in [1.807, 2.05) is 13.8 Å². The van der Waals surface area contributed by atoms with Crippen molar-refractivity contribution in [2.24, 2.45) is 17.3 Å². The van der Waals surface area contributed by atoms with Gasteiger partial charge >= 0.3 is 5.97 Å². The minimum atomic E-state index is -1.30. The molecule has 4 heteroatoms. The predicted molar refractivity (Wildman–Crippen MR) is 48.1 cm³/mol. The first-order chi connectivity index (χ1) is 6.34. The number of rotatable bonds is 2. The van der Waals surface area contributed by atoms with Crippen LogP contribution in [0.5, 0.6) is 0 Å².